The highest BCUT2D eigenvalue weighted by Gasteiger charge is 2.19. The quantitative estimate of drug-likeness (QED) is 0.368. The Balaban J connectivity index is 2.00. The van der Waals surface area contributed by atoms with Gasteiger partial charge in [-0.2, -0.15) is 0 Å². The predicted octanol–water partition coefficient (Wildman–Crippen LogP) is 3.46. The van der Waals surface area contributed by atoms with Crippen molar-refractivity contribution in [3.8, 4) is 5.75 Å². The molecule has 0 aliphatic heterocycles. The van der Waals surface area contributed by atoms with E-state index in [1.807, 2.05) is 0 Å². The van der Waals surface area contributed by atoms with E-state index in [4.69, 9.17) is 21.1 Å². The van der Waals surface area contributed by atoms with Crippen LogP contribution in [0.2, 0.25) is 5.02 Å². The minimum atomic E-state index is -0.521. The van der Waals surface area contributed by atoms with Crippen LogP contribution in [-0.4, -0.2) is 56.2 Å². The zero-order valence-corrected chi connectivity index (χ0v) is 16.4. The Labute approximate surface area is 168 Å². The number of benzene rings is 2. The number of rotatable bonds is 10. The van der Waals surface area contributed by atoms with E-state index in [-0.39, 0.29) is 23.8 Å². The van der Waals surface area contributed by atoms with Gasteiger partial charge in [0.1, 0.15) is 18.0 Å². The molecule has 0 unspecified atom stereocenters. The number of halogens is 1. The summed E-state index contributed by atoms with van der Waals surface area (Å²) in [6, 6.07) is 11.4. The van der Waals surface area contributed by atoms with Gasteiger partial charge in [-0.1, -0.05) is 23.7 Å². The Morgan fingerprint density at radius 3 is 2.68 bits per heavy atom. The van der Waals surface area contributed by atoms with E-state index in [1.165, 1.54) is 17.0 Å². The van der Waals surface area contributed by atoms with E-state index >= 15 is 0 Å². The first-order valence-corrected chi connectivity index (χ1v) is 8.96. The van der Waals surface area contributed by atoms with Crippen LogP contribution in [0.5, 0.6) is 5.75 Å². The summed E-state index contributed by atoms with van der Waals surface area (Å²) in [7, 11) is 3.15. The summed E-state index contributed by atoms with van der Waals surface area (Å²) < 4.78 is 10.5. The average Bonchev–Trinajstić information content (AvgIpc) is 2.69. The van der Waals surface area contributed by atoms with Gasteiger partial charge in [0.15, 0.2) is 0 Å². The summed E-state index contributed by atoms with van der Waals surface area (Å²) in [5.41, 5.74) is 0.398. The number of amides is 1. The van der Waals surface area contributed by atoms with Gasteiger partial charge in [0.2, 0.25) is 0 Å². The Hall–Kier alpha value is -2.84. The lowest BCUT2D eigenvalue weighted by molar-refractivity contribution is -0.384. The maximum Gasteiger partial charge on any atom is 0.293 e. The smallest absolute Gasteiger partial charge is 0.293 e. The highest BCUT2D eigenvalue weighted by Crippen LogP contribution is 2.26. The van der Waals surface area contributed by atoms with Crippen molar-refractivity contribution in [1.82, 2.24) is 4.90 Å². The number of carbonyl (C=O) groups is 1. The first-order valence-electron chi connectivity index (χ1n) is 8.58. The molecule has 0 aliphatic carbocycles. The van der Waals surface area contributed by atoms with Crippen LogP contribution < -0.4 is 10.1 Å². The minimum absolute atomic E-state index is 0.164. The zero-order chi connectivity index (χ0) is 20.5. The molecule has 0 bridgehead atoms. The van der Waals surface area contributed by atoms with Crippen LogP contribution in [0.25, 0.3) is 0 Å². The van der Waals surface area contributed by atoms with Gasteiger partial charge in [0.05, 0.1) is 23.1 Å². The van der Waals surface area contributed by atoms with E-state index in [2.05, 4.69) is 5.32 Å². The number of hydrogen-bond acceptors (Lipinski definition) is 6. The lowest BCUT2D eigenvalue weighted by atomic mass is 10.1. The second kappa shape index (κ2) is 10.5. The summed E-state index contributed by atoms with van der Waals surface area (Å²) in [6.45, 7) is 1.37. The van der Waals surface area contributed by atoms with Crippen molar-refractivity contribution >= 4 is 28.9 Å². The lowest BCUT2D eigenvalue weighted by Gasteiger charge is -2.18. The SMILES string of the molecule is COCCNc1ccc(C(=O)N(C)CCOc2ccccc2Cl)cc1[N+](=O)[O-]. The molecule has 0 atom stereocenters. The van der Waals surface area contributed by atoms with Crippen LogP contribution >= 0.6 is 11.6 Å². The number of hydrogen-bond donors (Lipinski definition) is 1. The first-order chi connectivity index (χ1) is 13.4. The average molecular weight is 408 g/mol. The van der Waals surface area contributed by atoms with Crippen LogP contribution in [0.15, 0.2) is 42.5 Å². The van der Waals surface area contributed by atoms with Crippen LogP contribution in [0.3, 0.4) is 0 Å². The molecular weight excluding hydrogens is 386 g/mol. The third-order valence-corrected chi connectivity index (χ3v) is 4.24. The fraction of sp³-hybridized carbons (Fsp3) is 0.316. The number of ether oxygens (including phenoxy) is 2. The highest BCUT2D eigenvalue weighted by molar-refractivity contribution is 6.32. The molecule has 2 aromatic rings. The molecule has 9 heteroatoms. The Kier molecular flexibility index (Phi) is 8.03. The Morgan fingerprint density at radius 1 is 1.25 bits per heavy atom. The summed E-state index contributed by atoms with van der Waals surface area (Å²) in [4.78, 5) is 24.8. The molecule has 0 aliphatic rings. The van der Waals surface area contributed by atoms with Gasteiger partial charge in [0, 0.05) is 32.3 Å². The largest absolute Gasteiger partial charge is 0.490 e. The lowest BCUT2D eigenvalue weighted by Crippen LogP contribution is -2.31. The Morgan fingerprint density at radius 2 is 2.00 bits per heavy atom. The molecule has 0 saturated carbocycles. The standard InChI is InChI=1S/C19H22ClN3O5/c1-22(10-12-28-18-6-4-3-5-15(18)20)19(24)14-7-8-16(21-9-11-27-2)17(13-14)23(25)26/h3-8,13,21H,9-12H2,1-2H3. The number of likely N-dealkylation sites (N-methyl/N-ethyl adjacent to an activating group) is 1. The maximum atomic E-state index is 12.6. The van der Waals surface area contributed by atoms with E-state index < -0.39 is 4.92 Å². The molecule has 2 rings (SSSR count). The molecule has 0 aromatic heterocycles. The highest BCUT2D eigenvalue weighted by atomic mass is 35.5. The summed E-state index contributed by atoms with van der Waals surface area (Å²) in [5, 5.41) is 14.8. The molecule has 1 N–H and O–H groups in total. The molecule has 1 amide bonds. The van der Waals surface area contributed by atoms with Gasteiger partial charge in [-0.15, -0.1) is 0 Å². The van der Waals surface area contributed by atoms with Gasteiger partial charge in [-0.3, -0.25) is 14.9 Å². The second-order valence-corrected chi connectivity index (χ2v) is 6.32. The van der Waals surface area contributed by atoms with E-state index in [0.29, 0.717) is 36.2 Å². The number of carbonyl (C=O) groups excluding carboxylic acids is 1. The van der Waals surface area contributed by atoms with Crippen molar-refractivity contribution in [2.45, 2.75) is 0 Å². The predicted molar refractivity (Wildman–Crippen MR) is 107 cm³/mol. The summed E-state index contributed by atoms with van der Waals surface area (Å²) in [5.74, 6) is 0.196. The number of methoxy groups -OCH3 is 1. The molecule has 0 spiro atoms. The summed E-state index contributed by atoms with van der Waals surface area (Å²) >= 11 is 6.02. The Bertz CT molecular complexity index is 831. The van der Waals surface area contributed by atoms with Crippen LogP contribution in [0.4, 0.5) is 11.4 Å². The van der Waals surface area contributed by atoms with E-state index in [1.54, 1.807) is 44.5 Å². The molecule has 0 radical (unpaired) electrons. The molecule has 2 aromatic carbocycles. The van der Waals surface area contributed by atoms with Crippen molar-refractivity contribution in [1.29, 1.82) is 0 Å². The van der Waals surface area contributed by atoms with Crippen molar-refractivity contribution in [2.24, 2.45) is 0 Å². The molecule has 8 nitrogen and oxygen atoms in total. The zero-order valence-electron chi connectivity index (χ0n) is 15.7. The fourth-order valence-electron chi connectivity index (χ4n) is 2.43. The molecular formula is C19H22ClN3O5. The van der Waals surface area contributed by atoms with Crippen LogP contribution in [0.1, 0.15) is 10.4 Å². The van der Waals surface area contributed by atoms with Gasteiger partial charge < -0.3 is 19.7 Å². The van der Waals surface area contributed by atoms with Crippen molar-refractivity contribution in [3.05, 3.63) is 63.2 Å². The topological polar surface area (TPSA) is 93.9 Å². The normalized spacial score (nSPS) is 10.4. The molecule has 0 heterocycles. The van der Waals surface area contributed by atoms with Crippen LogP contribution in [-0.2, 0) is 4.74 Å². The van der Waals surface area contributed by atoms with Gasteiger partial charge >= 0.3 is 0 Å². The minimum Gasteiger partial charge on any atom is -0.490 e. The van der Waals surface area contributed by atoms with Crippen molar-refractivity contribution in [3.63, 3.8) is 0 Å². The second-order valence-electron chi connectivity index (χ2n) is 5.91. The third-order valence-electron chi connectivity index (χ3n) is 3.93. The molecule has 28 heavy (non-hydrogen) atoms. The van der Waals surface area contributed by atoms with E-state index in [9.17, 15) is 14.9 Å². The number of nitro benzene ring substituents is 1. The van der Waals surface area contributed by atoms with Crippen molar-refractivity contribution in [2.75, 3.05) is 45.8 Å². The molecule has 150 valence electrons. The fourth-order valence-corrected chi connectivity index (χ4v) is 2.62. The first kappa shape index (κ1) is 21.5. The number of para-hydroxylation sites is 1. The van der Waals surface area contributed by atoms with Gasteiger partial charge in [-0.05, 0) is 24.3 Å². The monoisotopic (exact) mass is 407 g/mol. The number of nitrogens with one attached hydrogen (secondary N) is 1. The molecule has 0 saturated heterocycles. The number of nitro groups is 1. The maximum absolute atomic E-state index is 12.6. The number of anilines is 1. The number of nitrogens with zero attached hydrogens (tertiary/aromatic N) is 2. The van der Waals surface area contributed by atoms with Crippen LogP contribution in [0, 0.1) is 10.1 Å². The van der Waals surface area contributed by atoms with Gasteiger partial charge in [-0.25, -0.2) is 0 Å². The molecule has 0 fully saturated rings. The third kappa shape index (κ3) is 5.83. The van der Waals surface area contributed by atoms with E-state index in [0.717, 1.165) is 0 Å². The van der Waals surface area contributed by atoms with Crippen molar-refractivity contribution < 1.29 is 19.2 Å². The van der Waals surface area contributed by atoms with Gasteiger partial charge in [0.25, 0.3) is 11.6 Å². The summed E-state index contributed by atoms with van der Waals surface area (Å²) in [6.07, 6.45) is 0.